The first-order valence-electron chi connectivity index (χ1n) is 18.6. The van der Waals surface area contributed by atoms with Gasteiger partial charge < -0.3 is 31.5 Å². The third-order valence-electron chi connectivity index (χ3n) is 10.1. The number of benzene rings is 2. The van der Waals surface area contributed by atoms with Crippen molar-refractivity contribution in [3.8, 4) is 0 Å². The number of hydrogen-bond donors (Lipinski definition) is 6. The minimum Gasteiger partial charge on any atom is -0.396 e. The Hall–Kier alpha value is -3.90. The van der Waals surface area contributed by atoms with Gasteiger partial charge in [0.05, 0.1) is 23.7 Å². The first kappa shape index (κ1) is 38.3. The molecule has 276 valence electrons. The van der Waals surface area contributed by atoms with Gasteiger partial charge in [-0.2, -0.15) is 0 Å². The fraction of sp³-hybridized carbons (Fsp3) is 0.550. The van der Waals surface area contributed by atoms with Gasteiger partial charge in [0.2, 0.25) is 11.8 Å². The van der Waals surface area contributed by atoms with Crippen LogP contribution in [0.4, 0.5) is 0 Å². The number of pyridine rings is 1. The maximum absolute atomic E-state index is 14.1. The van der Waals surface area contributed by atoms with Crippen molar-refractivity contribution in [1.29, 1.82) is 0 Å². The minimum absolute atomic E-state index is 0.00452. The van der Waals surface area contributed by atoms with E-state index in [1.165, 1.54) is 12.8 Å². The standard InChI is InChI=1S/C40H56N6O5/c1-40(2,3)45-39(51)35-23-29-15-7-8-16-30(29)25-46(35)26-36(48)33(22-27-12-5-4-6-13-27)43-38(50)34(24-41-20-11-21-47)44-37(49)32-19-18-28-14-9-10-17-31(28)42-32/h4-6,9-10,12-14,17-19,29-30,33-36,41,47-48H,7-8,11,15-16,20-26H2,1-3H3,(H,43,50)(H,44,49)(H,45,51). The Morgan fingerprint density at radius 1 is 0.941 bits per heavy atom. The number of amides is 3. The van der Waals surface area contributed by atoms with Crippen LogP contribution in [-0.2, 0) is 16.0 Å². The van der Waals surface area contributed by atoms with Gasteiger partial charge in [-0.3, -0.25) is 19.3 Å². The molecule has 6 unspecified atom stereocenters. The van der Waals surface area contributed by atoms with E-state index in [1.54, 1.807) is 6.07 Å². The number of piperidine rings is 1. The van der Waals surface area contributed by atoms with Crippen LogP contribution in [0.5, 0.6) is 0 Å². The van der Waals surface area contributed by atoms with Crippen molar-refractivity contribution in [3.05, 3.63) is 78.0 Å². The lowest BCUT2D eigenvalue weighted by Crippen LogP contribution is -2.61. The van der Waals surface area contributed by atoms with Crippen molar-refractivity contribution in [2.24, 2.45) is 11.8 Å². The van der Waals surface area contributed by atoms with Crippen LogP contribution in [0.1, 0.15) is 75.3 Å². The molecule has 3 aromatic rings. The monoisotopic (exact) mass is 700 g/mol. The first-order valence-corrected chi connectivity index (χ1v) is 18.6. The quantitative estimate of drug-likeness (QED) is 0.132. The number of carbonyl (C=O) groups is 3. The number of nitrogens with one attached hydrogen (secondary N) is 4. The zero-order chi connectivity index (χ0) is 36.4. The number of aliphatic hydroxyl groups excluding tert-OH is 2. The Morgan fingerprint density at radius 3 is 2.41 bits per heavy atom. The van der Waals surface area contributed by atoms with Crippen LogP contribution >= 0.6 is 0 Å². The van der Waals surface area contributed by atoms with E-state index in [9.17, 15) is 24.6 Å². The summed E-state index contributed by atoms with van der Waals surface area (Å²) in [6.07, 6.45) is 5.21. The second kappa shape index (κ2) is 18.0. The summed E-state index contributed by atoms with van der Waals surface area (Å²) in [5.74, 6) is -0.00862. The minimum atomic E-state index is -1.000. The fourth-order valence-corrected chi connectivity index (χ4v) is 7.51. The van der Waals surface area contributed by atoms with Crippen LogP contribution in [0.3, 0.4) is 0 Å². The molecule has 2 fully saturated rings. The lowest BCUT2D eigenvalue weighted by molar-refractivity contribution is -0.133. The molecular weight excluding hydrogens is 644 g/mol. The van der Waals surface area contributed by atoms with Crippen LogP contribution in [0.15, 0.2) is 66.7 Å². The number of fused-ring (bicyclic) bond motifs is 2. The lowest BCUT2D eigenvalue weighted by Gasteiger charge is -2.47. The van der Waals surface area contributed by atoms with Gasteiger partial charge in [-0.05, 0) is 82.5 Å². The molecular formula is C40H56N6O5. The topological polar surface area (TPSA) is 156 Å². The molecule has 0 radical (unpaired) electrons. The molecule has 1 aliphatic carbocycles. The van der Waals surface area contributed by atoms with Gasteiger partial charge in [0.1, 0.15) is 11.7 Å². The summed E-state index contributed by atoms with van der Waals surface area (Å²) < 4.78 is 0. The van der Waals surface area contributed by atoms with Crippen LogP contribution < -0.4 is 21.3 Å². The summed E-state index contributed by atoms with van der Waals surface area (Å²) >= 11 is 0. The van der Waals surface area contributed by atoms with Crippen molar-refractivity contribution in [2.75, 3.05) is 32.8 Å². The number of para-hydroxylation sites is 1. The first-order chi connectivity index (χ1) is 24.5. The second-order valence-corrected chi connectivity index (χ2v) is 15.3. The number of likely N-dealkylation sites (tertiary alicyclic amines) is 1. The van der Waals surface area contributed by atoms with Crippen LogP contribution in [0.2, 0.25) is 0 Å². The van der Waals surface area contributed by atoms with Gasteiger partial charge in [-0.25, -0.2) is 4.98 Å². The maximum atomic E-state index is 14.1. The normalized spacial score (nSPS) is 21.2. The Balaban J connectivity index is 1.35. The smallest absolute Gasteiger partial charge is 0.270 e. The zero-order valence-corrected chi connectivity index (χ0v) is 30.3. The van der Waals surface area contributed by atoms with E-state index < -0.39 is 30.0 Å². The molecule has 1 saturated heterocycles. The van der Waals surface area contributed by atoms with Crippen LogP contribution in [-0.4, -0.2) is 100 Å². The van der Waals surface area contributed by atoms with E-state index in [-0.39, 0.29) is 42.9 Å². The molecule has 2 aliphatic rings. The summed E-state index contributed by atoms with van der Waals surface area (Å²) in [6.45, 7) is 7.44. The molecule has 11 heteroatoms. The Bertz CT molecular complexity index is 1600. The zero-order valence-electron chi connectivity index (χ0n) is 30.3. The molecule has 6 N–H and O–H groups in total. The van der Waals surface area contributed by atoms with Crippen molar-refractivity contribution in [1.82, 2.24) is 31.2 Å². The summed E-state index contributed by atoms with van der Waals surface area (Å²) in [6, 6.07) is 18.6. The molecule has 1 saturated carbocycles. The highest BCUT2D eigenvalue weighted by Crippen LogP contribution is 2.39. The second-order valence-electron chi connectivity index (χ2n) is 15.3. The molecule has 1 aliphatic heterocycles. The molecule has 2 aromatic carbocycles. The third kappa shape index (κ3) is 11.0. The van der Waals surface area contributed by atoms with Gasteiger partial charge >= 0.3 is 0 Å². The number of rotatable bonds is 15. The molecule has 1 aromatic heterocycles. The Kier molecular flexibility index (Phi) is 13.6. The average Bonchev–Trinajstić information content (AvgIpc) is 3.11. The molecule has 51 heavy (non-hydrogen) atoms. The van der Waals surface area contributed by atoms with E-state index in [0.717, 1.165) is 36.8 Å². The molecule has 5 rings (SSSR count). The largest absolute Gasteiger partial charge is 0.396 e. The van der Waals surface area contributed by atoms with Crippen LogP contribution in [0.25, 0.3) is 10.9 Å². The van der Waals surface area contributed by atoms with Gasteiger partial charge in [0, 0.05) is 37.2 Å². The Morgan fingerprint density at radius 2 is 1.67 bits per heavy atom. The number of aromatic nitrogens is 1. The Labute approximate surface area is 302 Å². The highest BCUT2D eigenvalue weighted by atomic mass is 16.3. The summed E-state index contributed by atoms with van der Waals surface area (Å²) in [5, 5.41) is 34.4. The fourth-order valence-electron chi connectivity index (χ4n) is 7.51. The van der Waals surface area contributed by atoms with E-state index in [0.29, 0.717) is 36.7 Å². The van der Waals surface area contributed by atoms with Gasteiger partial charge in [0.15, 0.2) is 0 Å². The molecule has 3 amide bonds. The number of hydrogen-bond acceptors (Lipinski definition) is 8. The number of nitrogens with zero attached hydrogens (tertiary/aromatic N) is 2. The number of β-amino-alcohol motifs (C(OH)–C–C–N with tert-alkyl or cyclic N) is 1. The highest BCUT2D eigenvalue weighted by molar-refractivity contribution is 5.98. The summed E-state index contributed by atoms with van der Waals surface area (Å²) in [5.41, 5.74) is 1.41. The van der Waals surface area contributed by atoms with Crippen LogP contribution in [0, 0.1) is 11.8 Å². The predicted octanol–water partition coefficient (Wildman–Crippen LogP) is 3.19. The highest BCUT2D eigenvalue weighted by Gasteiger charge is 2.42. The van der Waals surface area contributed by atoms with Crippen molar-refractivity contribution in [2.45, 2.75) is 95.5 Å². The van der Waals surface area contributed by atoms with E-state index in [2.05, 4.69) is 31.2 Å². The van der Waals surface area contributed by atoms with Crippen molar-refractivity contribution in [3.63, 3.8) is 0 Å². The maximum Gasteiger partial charge on any atom is 0.270 e. The SMILES string of the molecule is CC(C)(C)NC(=O)C1CC2CCCCC2CN1CC(O)C(Cc1ccccc1)NC(=O)C(CNCCCO)NC(=O)c1ccc2ccccc2n1. The molecule has 0 bridgehead atoms. The third-order valence-corrected chi connectivity index (χ3v) is 10.1. The van der Waals surface area contributed by atoms with Gasteiger partial charge in [-0.15, -0.1) is 0 Å². The molecule has 0 spiro atoms. The molecule has 11 nitrogen and oxygen atoms in total. The van der Waals surface area contributed by atoms with E-state index >= 15 is 0 Å². The summed E-state index contributed by atoms with van der Waals surface area (Å²) in [4.78, 5) is 47.8. The molecule has 6 atom stereocenters. The van der Waals surface area contributed by atoms with E-state index in [1.807, 2.05) is 81.4 Å². The van der Waals surface area contributed by atoms with Crippen molar-refractivity contribution < 1.29 is 24.6 Å². The number of aliphatic hydroxyl groups is 2. The number of carbonyl (C=O) groups excluding carboxylic acids is 3. The van der Waals surface area contributed by atoms with Crippen molar-refractivity contribution >= 4 is 28.6 Å². The lowest BCUT2D eigenvalue weighted by atomic mass is 9.72. The van der Waals surface area contributed by atoms with Gasteiger partial charge in [-0.1, -0.05) is 73.9 Å². The predicted molar refractivity (Wildman–Crippen MR) is 199 cm³/mol. The van der Waals surface area contributed by atoms with E-state index in [4.69, 9.17) is 0 Å². The average molecular weight is 701 g/mol. The molecule has 2 heterocycles. The summed E-state index contributed by atoms with van der Waals surface area (Å²) in [7, 11) is 0. The van der Waals surface area contributed by atoms with Gasteiger partial charge in [0.25, 0.3) is 5.91 Å².